The standard InChI is InChI=1S/C16H14F2N2O/c1-20(11-13-5-6-14(17)9-15(13)18)16(21)7-4-12-3-2-8-19-10-12/h2-10H,11H2,1H3/b7-4+. The molecule has 0 saturated carbocycles. The number of benzene rings is 1. The summed E-state index contributed by atoms with van der Waals surface area (Å²) in [6.07, 6.45) is 6.29. The average molecular weight is 288 g/mol. The molecule has 2 aromatic rings. The molecule has 0 radical (unpaired) electrons. The van der Waals surface area contributed by atoms with E-state index in [1.807, 2.05) is 6.07 Å². The SMILES string of the molecule is CN(Cc1ccc(F)cc1F)C(=O)/C=C/c1cccnc1. The highest BCUT2D eigenvalue weighted by Crippen LogP contribution is 2.12. The summed E-state index contributed by atoms with van der Waals surface area (Å²) in [5, 5.41) is 0. The second-order valence-electron chi connectivity index (χ2n) is 4.55. The molecule has 1 aromatic carbocycles. The van der Waals surface area contributed by atoms with Crippen molar-refractivity contribution in [2.24, 2.45) is 0 Å². The summed E-state index contributed by atoms with van der Waals surface area (Å²) in [4.78, 5) is 17.2. The number of carbonyl (C=O) groups excluding carboxylic acids is 1. The first kappa shape index (κ1) is 14.8. The minimum absolute atomic E-state index is 0.0718. The largest absolute Gasteiger partial charge is 0.338 e. The monoisotopic (exact) mass is 288 g/mol. The molecule has 0 aliphatic heterocycles. The lowest BCUT2D eigenvalue weighted by Crippen LogP contribution is -2.24. The van der Waals surface area contributed by atoms with Crippen molar-refractivity contribution in [3.05, 3.63) is 71.6 Å². The van der Waals surface area contributed by atoms with Gasteiger partial charge in [-0.15, -0.1) is 0 Å². The Labute approximate surface area is 121 Å². The first-order valence-corrected chi connectivity index (χ1v) is 6.33. The summed E-state index contributed by atoms with van der Waals surface area (Å²) >= 11 is 0. The molecule has 1 aromatic heterocycles. The third kappa shape index (κ3) is 4.21. The van der Waals surface area contributed by atoms with Gasteiger partial charge >= 0.3 is 0 Å². The molecule has 5 heteroatoms. The van der Waals surface area contributed by atoms with Gasteiger partial charge in [-0.25, -0.2) is 8.78 Å². The fourth-order valence-corrected chi connectivity index (χ4v) is 1.75. The van der Waals surface area contributed by atoms with Crippen LogP contribution in [0, 0.1) is 11.6 Å². The Bertz CT molecular complexity index is 657. The molecule has 1 amide bonds. The number of likely N-dealkylation sites (N-methyl/N-ethyl adjacent to an activating group) is 1. The number of halogens is 2. The zero-order valence-corrected chi connectivity index (χ0v) is 11.5. The third-order valence-electron chi connectivity index (χ3n) is 2.90. The average Bonchev–Trinajstić information content (AvgIpc) is 2.48. The molecule has 21 heavy (non-hydrogen) atoms. The van der Waals surface area contributed by atoms with Crippen LogP contribution in [-0.2, 0) is 11.3 Å². The molecule has 108 valence electrons. The van der Waals surface area contributed by atoms with Crippen molar-refractivity contribution >= 4 is 12.0 Å². The van der Waals surface area contributed by atoms with Gasteiger partial charge in [0.25, 0.3) is 0 Å². The molecule has 0 bridgehead atoms. The van der Waals surface area contributed by atoms with Crippen LogP contribution in [0.2, 0.25) is 0 Å². The fourth-order valence-electron chi connectivity index (χ4n) is 1.75. The topological polar surface area (TPSA) is 33.2 Å². The van der Waals surface area contributed by atoms with Gasteiger partial charge in [0, 0.05) is 43.7 Å². The number of nitrogens with zero attached hydrogens (tertiary/aromatic N) is 2. The minimum atomic E-state index is -0.661. The first-order chi connectivity index (χ1) is 10.1. The molecule has 0 spiro atoms. The van der Waals surface area contributed by atoms with Gasteiger partial charge in [-0.05, 0) is 23.8 Å². The molecular weight excluding hydrogens is 274 g/mol. The predicted molar refractivity (Wildman–Crippen MR) is 76.1 cm³/mol. The number of aromatic nitrogens is 1. The fraction of sp³-hybridized carbons (Fsp3) is 0.125. The molecule has 2 rings (SSSR count). The van der Waals surface area contributed by atoms with Crippen LogP contribution in [0.1, 0.15) is 11.1 Å². The maximum atomic E-state index is 13.5. The Morgan fingerprint density at radius 2 is 2.14 bits per heavy atom. The number of carbonyl (C=O) groups is 1. The van der Waals surface area contributed by atoms with Crippen molar-refractivity contribution in [3.63, 3.8) is 0 Å². The molecule has 0 unspecified atom stereocenters. The quantitative estimate of drug-likeness (QED) is 0.810. The van der Waals surface area contributed by atoms with E-state index in [1.54, 1.807) is 31.6 Å². The molecule has 1 heterocycles. The second-order valence-corrected chi connectivity index (χ2v) is 4.55. The first-order valence-electron chi connectivity index (χ1n) is 6.33. The molecule has 0 aliphatic carbocycles. The van der Waals surface area contributed by atoms with Gasteiger partial charge in [0.1, 0.15) is 11.6 Å². The predicted octanol–water partition coefficient (Wildman–Crippen LogP) is 3.03. The van der Waals surface area contributed by atoms with Crippen LogP contribution in [0.25, 0.3) is 6.08 Å². The van der Waals surface area contributed by atoms with E-state index in [1.165, 1.54) is 23.1 Å². The minimum Gasteiger partial charge on any atom is -0.338 e. The highest BCUT2D eigenvalue weighted by molar-refractivity contribution is 5.91. The summed E-state index contributed by atoms with van der Waals surface area (Å²) in [6, 6.07) is 6.89. The second kappa shape index (κ2) is 6.74. The van der Waals surface area contributed by atoms with Crippen LogP contribution in [0.3, 0.4) is 0 Å². The van der Waals surface area contributed by atoms with E-state index >= 15 is 0 Å². The normalized spacial score (nSPS) is 10.8. The molecule has 0 aliphatic rings. The van der Waals surface area contributed by atoms with E-state index in [4.69, 9.17) is 0 Å². The van der Waals surface area contributed by atoms with E-state index in [9.17, 15) is 13.6 Å². The molecule has 0 fully saturated rings. The maximum absolute atomic E-state index is 13.5. The van der Waals surface area contributed by atoms with E-state index < -0.39 is 11.6 Å². The van der Waals surface area contributed by atoms with Crippen LogP contribution in [0.5, 0.6) is 0 Å². The van der Waals surface area contributed by atoms with Crippen LogP contribution < -0.4 is 0 Å². The van der Waals surface area contributed by atoms with Crippen LogP contribution in [0.4, 0.5) is 8.78 Å². The summed E-state index contributed by atoms with van der Waals surface area (Å²) in [5.41, 5.74) is 1.06. The molecule has 0 atom stereocenters. The van der Waals surface area contributed by atoms with Crippen molar-refractivity contribution in [2.75, 3.05) is 7.05 Å². The van der Waals surface area contributed by atoms with E-state index in [0.29, 0.717) is 0 Å². The summed E-state index contributed by atoms with van der Waals surface area (Å²) in [5.74, 6) is -1.57. The van der Waals surface area contributed by atoms with Gasteiger partial charge in [0.05, 0.1) is 0 Å². The van der Waals surface area contributed by atoms with Crippen LogP contribution in [0.15, 0.2) is 48.8 Å². The highest BCUT2D eigenvalue weighted by atomic mass is 19.1. The number of rotatable bonds is 4. The van der Waals surface area contributed by atoms with E-state index in [0.717, 1.165) is 11.6 Å². The van der Waals surface area contributed by atoms with Crippen molar-refractivity contribution in [3.8, 4) is 0 Å². The van der Waals surface area contributed by atoms with E-state index in [-0.39, 0.29) is 18.0 Å². The lowest BCUT2D eigenvalue weighted by molar-refractivity contribution is -0.125. The lowest BCUT2D eigenvalue weighted by Gasteiger charge is -2.15. The summed E-state index contributed by atoms with van der Waals surface area (Å²) in [7, 11) is 1.55. The van der Waals surface area contributed by atoms with Gasteiger partial charge in [0.2, 0.25) is 5.91 Å². The molecule has 3 nitrogen and oxygen atoms in total. The third-order valence-corrected chi connectivity index (χ3v) is 2.90. The van der Waals surface area contributed by atoms with Gasteiger partial charge in [-0.3, -0.25) is 9.78 Å². The zero-order chi connectivity index (χ0) is 15.2. The van der Waals surface area contributed by atoms with Gasteiger partial charge in [0.15, 0.2) is 0 Å². The van der Waals surface area contributed by atoms with Crippen LogP contribution in [-0.4, -0.2) is 22.8 Å². The van der Waals surface area contributed by atoms with Crippen molar-refractivity contribution < 1.29 is 13.6 Å². The van der Waals surface area contributed by atoms with Crippen molar-refractivity contribution in [2.45, 2.75) is 6.54 Å². The lowest BCUT2D eigenvalue weighted by atomic mass is 10.2. The maximum Gasteiger partial charge on any atom is 0.246 e. The zero-order valence-electron chi connectivity index (χ0n) is 11.5. The molecule has 0 N–H and O–H groups in total. The Morgan fingerprint density at radius 3 is 2.81 bits per heavy atom. The number of pyridine rings is 1. The van der Waals surface area contributed by atoms with Crippen molar-refractivity contribution in [1.29, 1.82) is 0 Å². The molecular formula is C16H14F2N2O. The number of amides is 1. The number of hydrogen-bond acceptors (Lipinski definition) is 2. The van der Waals surface area contributed by atoms with Gasteiger partial charge in [-0.1, -0.05) is 12.1 Å². The Kier molecular flexibility index (Phi) is 4.77. The smallest absolute Gasteiger partial charge is 0.246 e. The Morgan fingerprint density at radius 1 is 1.33 bits per heavy atom. The number of hydrogen-bond donors (Lipinski definition) is 0. The Hall–Kier alpha value is -2.56. The van der Waals surface area contributed by atoms with Gasteiger partial charge in [-0.2, -0.15) is 0 Å². The van der Waals surface area contributed by atoms with Crippen molar-refractivity contribution in [1.82, 2.24) is 9.88 Å². The van der Waals surface area contributed by atoms with E-state index in [2.05, 4.69) is 4.98 Å². The van der Waals surface area contributed by atoms with Crippen LogP contribution >= 0.6 is 0 Å². The van der Waals surface area contributed by atoms with Gasteiger partial charge < -0.3 is 4.90 Å². The summed E-state index contributed by atoms with van der Waals surface area (Å²) in [6.45, 7) is 0.0718. The highest BCUT2D eigenvalue weighted by Gasteiger charge is 2.10. The molecule has 0 saturated heterocycles. The Balaban J connectivity index is 2.01. The summed E-state index contributed by atoms with van der Waals surface area (Å²) < 4.78 is 26.3.